The molecule has 0 aromatic carbocycles. The molecule has 0 aliphatic carbocycles. The largest absolute Gasteiger partial charge is 0.652 e. The third kappa shape index (κ3) is 11.1. The van der Waals surface area contributed by atoms with Gasteiger partial charge in [0.15, 0.2) is 0 Å². The first-order chi connectivity index (χ1) is 4.23. The average Bonchev–Trinajstić information content (AvgIpc) is 2.11. The average molecular weight is 132 g/mol. The van der Waals surface area contributed by atoms with E-state index in [0.29, 0.717) is 0 Å². The zero-order valence-corrected chi connectivity index (χ0v) is 4.96. The van der Waals surface area contributed by atoms with E-state index in [4.69, 9.17) is 19.7 Å². The Morgan fingerprint density at radius 3 is 1.67 bits per heavy atom. The summed E-state index contributed by atoms with van der Waals surface area (Å²) in [6.07, 6.45) is 0.222. The van der Waals surface area contributed by atoms with Gasteiger partial charge in [0.25, 0.3) is 0 Å². The monoisotopic (exact) mass is 132 g/mol. The smallest absolute Gasteiger partial charge is 0.0466 e. The second-order valence-corrected chi connectivity index (χ2v) is 1.57. The summed E-state index contributed by atoms with van der Waals surface area (Å²) in [5.41, 5.74) is 0. The number of carbonyl (C=O) groups excluding carboxylic acids is 1. The Balaban J connectivity index is 0.000000148. The molecule has 0 amide bonds. The fraction of sp³-hybridized carbons (Fsp3) is 0.800. The fourth-order valence-corrected chi connectivity index (χ4v) is 0.510. The predicted octanol–water partition coefficient (Wildman–Crippen LogP) is -1.65. The van der Waals surface area contributed by atoms with Gasteiger partial charge < -0.3 is 19.7 Å². The van der Waals surface area contributed by atoms with Crippen molar-refractivity contribution in [3.05, 3.63) is 0 Å². The molecule has 4 nitrogen and oxygen atoms in total. The van der Waals surface area contributed by atoms with Crippen molar-refractivity contribution < 1.29 is 19.7 Å². The van der Waals surface area contributed by atoms with Crippen LogP contribution >= 0.6 is 0 Å². The normalized spacial score (nSPS) is 16.0. The van der Waals surface area contributed by atoms with E-state index in [-0.39, 0.29) is 0 Å². The topological polar surface area (TPSA) is 72.4 Å². The summed E-state index contributed by atoms with van der Waals surface area (Å²) < 4.78 is 4.94. The second kappa shape index (κ2) is 5.37. The van der Waals surface area contributed by atoms with Crippen molar-refractivity contribution in [1.82, 2.24) is 0 Å². The third-order valence-electron chi connectivity index (χ3n) is 0.827. The number of hydrogen-bond donors (Lipinski definition) is 0. The summed E-state index contributed by atoms with van der Waals surface area (Å²) in [4.78, 5) is 8.33. The molecule has 1 rings (SSSR count). The zero-order valence-electron chi connectivity index (χ0n) is 4.96. The maximum atomic E-state index is 8.33. The first kappa shape index (κ1) is 8.23. The summed E-state index contributed by atoms with van der Waals surface area (Å²) in [7, 11) is 0. The van der Waals surface area contributed by atoms with Crippen molar-refractivity contribution in [3.63, 3.8) is 0 Å². The highest BCUT2D eigenvalue weighted by molar-refractivity contribution is 5.47. The van der Waals surface area contributed by atoms with Crippen LogP contribution in [0.4, 0.5) is 4.79 Å². The highest BCUT2D eigenvalue weighted by atomic mass is 16.6. The molecule has 1 fully saturated rings. The molecule has 9 heavy (non-hydrogen) atoms. The van der Waals surface area contributed by atoms with Gasteiger partial charge in [-0.3, -0.25) is 0 Å². The molecule has 1 aliphatic rings. The van der Waals surface area contributed by atoms with Gasteiger partial charge in [-0.05, 0) is 19.0 Å². The Labute approximate surface area is 53.1 Å². The lowest BCUT2D eigenvalue weighted by Gasteiger charge is -1.96. The molecule has 0 spiro atoms. The predicted molar refractivity (Wildman–Crippen MR) is 25.4 cm³/mol. The van der Waals surface area contributed by atoms with E-state index < -0.39 is 6.16 Å². The van der Waals surface area contributed by atoms with Crippen molar-refractivity contribution in [2.45, 2.75) is 12.8 Å². The molecule has 0 radical (unpaired) electrons. The SMILES string of the molecule is C1CCOC1.O=C([O-])[O-]. The standard InChI is InChI=1S/C4H8O.CH2O3/c1-2-4-5-3-1;2-1(3)4/h1-4H2;(H2,2,3,4)/p-2. The van der Waals surface area contributed by atoms with Gasteiger partial charge in [-0.1, -0.05) is 0 Å². The molecule has 0 bridgehead atoms. The molecule has 0 aromatic rings. The second-order valence-electron chi connectivity index (χ2n) is 1.57. The van der Waals surface area contributed by atoms with Gasteiger partial charge in [-0.15, -0.1) is 0 Å². The van der Waals surface area contributed by atoms with E-state index in [9.17, 15) is 0 Å². The van der Waals surface area contributed by atoms with Gasteiger partial charge in [0.1, 0.15) is 0 Å². The molecule has 0 unspecified atom stereocenters. The van der Waals surface area contributed by atoms with Crippen LogP contribution in [0.25, 0.3) is 0 Å². The Bertz CT molecular complexity index is 65.4. The number of carboxylic acid groups (broad SMARTS) is 2. The van der Waals surface area contributed by atoms with E-state index in [2.05, 4.69) is 0 Å². The summed E-state index contributed by atoms with van der Waals surface area (Å²) in [5.74, 6) is 0. The van der Waals surface area contributed by atoms with E-state index in [1.807, 2.05) is 0 Å². The minimum absolute atomic E-state index is 1.00. The number of ether oxygens (including phenoxy) is 1. The maximum Gasteiger partial charge on any atom is 0.0466 e. The van der Waals surface area contributed by atoms with Crippen molar-refractivity contribution in [3.8, 4) is 0 Å². The third-order valence-corrected chi connectivity index (χ3v) is 0.827. The van der Waals surface area contributed by atoms with E-state index >= 15 is 0 Å². The molecule has 0 saturated carbocycles. The molecule has 54 valence electrons. The molecular formula is C5H8O4-2. The molecule has 0 aromatic heterocycles. The molecular weight excluding hydrogens is 124 g/mol. The van der Waals surface area contributed by atoms with Crippen LogP contribution in [0, 0.1) is 0 Å². The number of rotatable bonds is 0. The maximum absolute atomic E-state index is 8.33. The first-order valence-corrected chi connectivity index (χ1v) is 2.69. The Hall–Kier alpha value is -0.770. The van der Waals surface area contributed by atoms with Crippen molar-refractivity contribution in [2.24, 2.45) is 0 Å². The van der Waals surface area contributed by atoms with Crippen LogP contribution in [0.2, 0.25) is 0 Å². The lowest BCUT2D eigenvalue weighted by molar-refractivity contribution is -0.415. The van der Waals surface area contributed by atoms with Gasteiger partial charge >= 0.3 is 0 Å². The molecule has 0 N–H and O–H groups in total. The number of hydrogen-bond acceptors (Lipinski definition) is 4. The van der Waals surface area contributed by atoms with Crippen molar-refractivity contribution >= 4 is 6.16 Å². The van der Waals surface area contributed by atoms with Crippen LogP contribution in [-0.4, -0.2) is 19.4 Å². The van der Waals surface area contributed by atoms with Crippen LogP contribution in [0.3, 0.4) is 0 Å². The highest BCUT2D eigenvalue weighted by Crippen LogP contribution is 1.98. The van der Waals surface area contributed by atoms with Crippen LogP contribution < -0.4 is 10.2 Å². The highest BCUT2D eigenvalue weighted by Gasteiger charge is 1.94. The first-order valence-electron chi connectivity index (χ1n) is 2.69. The van der Waals surface area contributed by atoms with E-state index in [0.717, 1.165) is 13.2 Å². The Morgan fingerprint density at radius 2 is 1.56 bits per heavy atom. The quantitative estimate of drug-likeness (QED) is 0.396. The summed E-state index contributed by atoms with van der Waals surface area (Å²) in [6.45, 7) is 2.00. The molecule has 1 heterocycles. The van der Waals surface area contributed by atoms with Gasteiger partial charge in [-0.2, -0.15) is 0 Å². The van der Waals surface area contributed by atoms with Crippen LogP contribution in [0.5, 0.6) is 0 Å². The Kier molecular flexibility index (Phi) is 4.91. The lowest BCUT2D eigenvalue weighted by atomic mass is 10.4. The van der Waals surface area contributed by atoms with E-state index in [1.165, 1.54) is 12.8 Å². The van der Waals surface area contributed by atoms with Crippen LogP contribution in [0.15, 0.2) is 0 Å². The van der Waals surface area contributed by atoms with Gasteiger partial charge in [0.05, 0.1) is 0 Å². The number of carbonyl (C=O) groups is 1. The minimum Gasteiger partial charge on any atom is -0.652 e. The molecule has 1 aliphatic heterocycles. The lowest BCUT2D eigenvalue weighted by Crippen LogP contribution is -2.37. The van der Waals surface area contributed by atoms with Crippen LogP contribution in [-0.2, 0) is 4.74 Å². The molecule has 4 heteroatoms. The summed E-state index contributed by atoms with van der Waals surface area (Å²) in [6, 6.07) is 0. The zero-order chi connectivity index (χ0) is 7.11. The van der Waals surface area contributed by atoms with Crippen molar-refractivity contribution in [2.75, 3.05) is 13.2 Å². The molecule has 0 atom stereocenters. The van der Waals surface area contributed by atoms with Gasteiger partial charge in [0.2, 0.25) is 0 Å². The fourth-order valence-electron chi connectivity index (χ4n) is 0.510. The Morgan fingerprint density at radius 1 is 1.22 bits per heavy atom. The van der Waals surface area contributed by atoms with Gasteiger partial charge in [0, 0.05) is 13.2 Å². The van der Waals surface area contributed by atoms with Crippen molar-refractivity contribution in [1.29, 1.82) is 0 Å². The molecule has 1 saturated heterocycles. The summed E-state index contributed by atoms with van der Waals surface area (Å²) >= 11 is 0. The van der Waals surface area contributed by atoms with Crippen LogP contribution in [0.1, 0.15) is 12.8 Å². The van der Waals surface area contributed by atoms with Gasteiger partial charge in [-0.25, -0.2) is 0 Å². The van der Waals surface area contributed by atoms with E-state index in [1.54, 1.807) is 0 Å². The minimum atomic E-state index is -2.33. The summed E-state index contributed by atoms with van der Waals surface area (Å²) in [5, 5.41) is 16.7.